The first kappa shape index (κ1) is 11.2. The van der Waals surface area contributed by atoms with Crippen LogP contribution in [0.4, 0.5) is 0 Å². The molecule has 0 aromatic heterocycles. The molecule has 78 valence electrons. The Kier molecular flexibility index (Phi) is 4.43. The fourth-order valence-corrected chi connectivity index (χ4v) is 2.31. The van der Waals surface area contributed by atoms with E-state index in [2.05, 4.69) is 0 Å². The first-order chi connectivity index (χ1) is 6.08. The molecular weight excluding hydrogens is 187 g/mol. The average Bonchev–Trinajstić information content (AvgIpc) is 2.04. The van der Waals surface area contributed by atoms with Gasteiger partial charge in [0.2, 0.25) is 0 Å². The zero-order chi connectivity index (χ0) is 9.73. The van der Waals surface area contributed by atoms with E-state index in [-0.39, 0.29) is 0 Å². The summed E-state index contributed by atoms with van der Waals surface area (Å²) >= 11 is 0. The van der Waals surface area contributed by atoms with E-state index in [4.69, 9.17) is 9.42 Å². The second-order valence-corrected chi connectivity index (χ2v) is 5.79. The quantitative estimate of drug-likeness (QED) is 0.719. The minimum Gasteiger partial charge on any atom is -0.324 e. The Morgan fingerprint density at radius 2 is 2.00 bits per heavy atom. The Bertz CT molecular complexity index is 181. The maximum atomic E-state index is 10.8. The third-order valence-electron chi connectivity index (χ3n) is 2.58. The zero-order valence-electron chi connectivity index (χ0n) is 8.24. The van der Waals surface area contributed by atoms with Gasteiger partial charge in [-0.25, -0.2) is 0 Å². The topological polar surface area (TPSA) is 46.5 Å². The summed E-state index contributed by atoms with van der Waals surface area (Å²) in [6.07, 6.45) is 7.45. The molecule has 1 saturated carbocycles. The molecule has 1 aliphatic carbocycles. The van der Waals surface area contributed by atoms with Gasteiger partial charge in [0.1, 0.15) is 0 Å². The molecule has 1 fully saturated rings. The van der Waals surface area contributed by atoms with Crippen LogP contribution >= 0.6 is 7.60 Å². The smallest absolute Gasteiger partial charge is 0.324 e. The number of hydrogen-bond acceptors (Lipinski definition) is 2. The summed E-state index contributed by atoms with van der Waals surface area (Å²) in [7, 11) is -3.23. The van der Waals surface area contributed by atoms with E-state index in [9.17, 15) is 4.57 Å². The van der Waals surface area contributed by atoms with Gasteiger partial charge in [-0.05, 0) is 12.3 Å². The van der Waals surface area contributed by atoms with Crippen molar-refractivity contribution in [2.75, 3.05) is 13.3 Å². The number of hydrogen-bond donors (Lipinski definition) is 1. The molecule has 0 aromatic carbocycles. The second-order valence-electron chi connectivity index (χ2n) is 3.93. The lowest BCUT2D eigenvalue weighted by molar-refractivity contribution is 0.222. The summed E-state index contributed by atoms with van der Waals surface area (Å²) in [5.74, 6) is 0.722. The normalized spacial score (nSPS) is 24.2. The van der Waals surface area contributed by atoms with E-state index in [0.29, 0.717) is 6.61 Å². The monoisotopic (exact) mass is 206 g/mol. The van der Waals surface area contributed by atoms with Crippen molar-refractivity contribution in [1.29, 1.82) is 0 Å². The van der Waals surface area contributed by atoms with Crippen molar-refractivity contribution in [2.24, 2.45) is 5.92 Å². The molecule has 0 aromatic rings. The predicted molar refractivity (Wildman–Crippen MR) is 52.9 cm³/mol. The van der Waals surface area contributed by atoms with Gasteiger partial charge >= 0.3 is 7.60 Å². The maximum absolute atomic E-state index is 10.8. The molecule has 1 aliphatic rings. The molecule has 13 heavy (non-hydrogen) atoms. The second kappa shape index (κ2) is 5.14. The van der Waals surface area contributed by atoms with E-state index in [1.54, 1.807) is 0 Å². The maximum Gasteiger partial charge on any atom is 0.325 e. The highest BCUT2D eigenvalue weighted by Crippen LogP contribution is 2.37. The lowest BCUT2D eigenvalue weighted by Crippen LogP contribution is -2.08. The first-order valence-electron chi connectivity index (χ1n) is 5.03. The highest BCUT2D eigenvalue weighted by Gasteiger charge is 2.15. The fraction of sp³-hybridized carbons (Fsp3) is 1.00. The van der Waals surface area contributed by atoms with Crippen LogP contribution in [0.15, 0.2) is 0 Å². The largest absolute Gasteiger partial charge is 0.325 e. The van der Waals surface area contributed by atoms with E-state index < -0.39 is 7.60 Å². The molecule has 0 radical (unpaired) electrons. The Morgan fingerprint density at radius 1 is 1.38 bits per heavy atom. The van der Waals surface area contributed by atoms with Crippen LogP contribution in [-0.4, -0.2) is 18.2 Å². The lowest BCUT2D eigenvalue weighted by Gasteiger charge is -2.21. The third kappa shape index (κ3) is 5.45. The third-order valence-corrected chi connectivity index (χ3v) is 3.24. The summed E-state index contributed by atoms with van der Waals surface area (Å²) in [4.78, 5) is 8.88. The summed E-state index contributed by atoms with van der Waals surface area (Å²) < 4.78 is 15.6. The van der Waals surface area contributed by atoms with Crippen LogP contribution < -0.4 is 0 Å². The van der Waals surface area contributed by atoms with Gasteiger partial charge in [0.05, 0.1) is 6.61 Å². The summed E-state index contributed by atoms with van der Waals surface area (Å²) in [5.41, 5.74) is 0. The lowest BCUT2D eigenvalue weighted by atomic mass is 9.87. The van der Waals surface area contributed by atoms with Crippen molar-refractivity contribution in [3.63, 3.8) is 0 Å². The highest BCUT2D eigenvalue weighted by molar-refractivity contribution is 7.51. The fourth-order valence-electron chi connectivity index (χ4n) is 1.86. The van der Waals surface area contributed by atoms with Crippen LogP contribution in [-0.2, 0) is 9.09 Å². The molecule has 0 aliphatic heterocycles. The van der Waals surface area contributed by atoms with E-state index in [1.807, 2.05) is 0 Å². The van der Waals surface area contributed by atoms with Crippen LogP contribution in [0.3, 0.4) is 0 Å². The molecule has 0 heterocycles. The van der Waals surface area contributed by atoms with E-state index in [1.165, 1.54) is 38.8 Å². The minimum absolute atomic E-state index is 0.439. The average molecular weight is 206 g/mol. The predicted octanol–water partition coefficient (Wildman–Crippen LogP) is 2.79. The Labute approximate surface area is 80.0 Å². The van der Waals surface area contributed by atoms with Crippen LogP contribution in [0.25, 0.3) is 0 Å². The van der Waals surface area contributed by atoms with Gasteiger partial charge in [0.15, 0.2) is 0 Å². The van der Waals surface area contributed by atoms with Gasteiger partial charge in [-0.15, -0.1) is 0 Å². The Morgan fingerprint density at radius 3 is 2.54 bits per heavy atom. The Balaban J connectivity index is 2.08. The van der Waals surface area contributed by atoms with Gasteiger partial charge in [-0.2, -0.15) is 0 Å². The van der Waals surface area contributed by atoms with Crippen molar-refractivity contribution in [2.45, 2.75) is 38.5 Å². The van der Waals surface area contributed by atoms with Crippen molar-refractivity contribution in [3.8, 4) is 0 Å². The molecule has 1 N–H and O–H groups in total. The molecule has 1 rings (SSSR count). The molecule has 3 nitrogen and oxygen atoms in total. The van der Waals surface area contributed by atoms with Gasteiger partial charge in [-0.3, -0.25) is 4.57 Å². The standard InChI is InChI=1S/C9H19O3P/c1-13(10,11)12-8-7-9-5-3-2-4-6-9/h9H,2-8H2,1H3,(H,10,11). The molecule has 0 spiro atoms. The zero-order valence-corrected chi connectivity index (χ0v) is 9.13. The van der Waals surface area contributed by atoms with Gasteiger partial charge in [0.25, 0.3) is 0 Å². The van der Waals surface area contributed by atoms with Crippen molar-refractivity contribution < 1.29 is 14.0 Å². The van der Waals surface area contributed by atoms with Gasteiger partial charge in [-0.1, -0.05) is 32.1 Å². The first-order valence-corrected chi connectivity index (χ1v) is 7.05. The minimum atomic E-state index is -3.23. The van der Waals surface area contributed by atoms with Crippen LogP contribution in [0.1, 0.15) is 38.5 Å². The molecule has 4 heteroatoms. The Hall–Kier alpha value is 0.150. The highest BCUT2D eigenvalue weighted by atomic mass is 31.2. The van der Waals surface area contributed by atoms with Crippen LogP contribution in [0.5, 0.6) is 0 Å². The van der Waals surface area contributed by atoms with Crippen molar-refractivity contribution in [1.82, 2.24) is 0 Å². The molecule has 0 amide bonds. The molecule has 0 bridgehead atoms. The van der Waals surface area contributed by atoms with Crippen LogP contribution in [0.2, 0.25) is 0 Å². The molecule has 1 atom stereocenters. The van der Waals surface area contributed by atoms with Crippen molar-refractivity contribution in [3.05, 3.63) is 0 Å². The number of rotatable bonds is 4. The van der Waals surface area contributed by atoms with E-state index in [0.717, 1.165) is 12.3 Å². The molecule has 1 unspecified atom stereocenters. The summed E-state index contributed by atoms with van der Waals surface area (Å²) in [6.45, 7) is 1.68. The summed E-state index contributed by atoms with van der Waals surface area (Å²) in [5, 5.41) is 0. The van der Waals surface area contributed by atoms with Gasteiger partial charge < -0.3 is 9.42 Å². The molecule has 0 saturated heterocycles. The van der Waals surface area contributed by atoms with Crippen molar-refractivity contribution >= 4 is 7.60 Å². The van der Waals surface area contributed by atoms with Crippen LogP contribution in [0, 0.1) is 5.92 Å². The summed E-state index contributed by atoms with van der Waals surface area (Å²) in [6, 6.07) is 0. The van der Waals surface area contributed by atoms with Gasteiger partial charge in [0, 0.05) is 6.66 Å². The molecular formula is C9H19O3P. The SMILES string of the molecule is CP(=O)(O)OCCC1CCCCC1. The van der Waals surface area contributed by atoms with E-state index >= 15 is 0 Å².